The van der Waals surface area contributed by atoms with Crippen LogP contribution in [-0.2, 0) is 13.2 Å². The maximum absolute atomic E-state index is 12.4. The summed E-state index contributed by atoms with van der Waals surface area (Å²) in [5, 5.41) is 4.79. The Morgan fingerprint density at radius 1 is 1.33 bits per heavy atom. The number of halogens is 4. The van der Waals surface area contributed by atoms with Crippen molar-refractivity contribution < 1.29 is 13.2 Å². The molecule has 0 fully saturated rings. The summed E-state index contributed by atoms with van der Waals surface area (Å²) in [5.74, 6) is 0. The van der Waals surface area contributed by atoms with Crippen molar-refractivity contribution in [3.05, 3.63) is 27.5 Å². The third kappa shape index (κ3) is 1.82. The number of alkyl halides is 3. The van der Waals surface area contributed by atoms with Gasteiger partial charge in [0, 0.05) is 12.4 Å². The smallest absolute Gasteiger partial charge is 0.267 e. The first-order chi connectivity index (χ1) is 6.89. The van der Waals surface area contributed by atoms with Gasteiger partial charge in [-0.25, -0.2) is 0 Å². The average molecular weight is 326 g/mol. The predicted octanol–water partition coefficient (Wildman–Crippen LogP) is 3.20. The molecule has 2 aromatic rings. The van der Waals surface area contributed by atoms with Gasteiger partial charge >= 0.3 is 6.18 Å². The summed E-state index contributed by atoms with van der Waals surface area (Å²) in [4.78, 5) is 0. The molecule has 0 bridgehead atoms. The number of benzene rings is 1. The van der Waals surface area contributed by atoms with Gasteiger partial charge in [0.2, 0.25) is 0 Å². The molecule has 0 aliphatic carbocycles. The molecule has 2 nitrogen and oxygen atoms in total. The first kappa shape index (κ1) is 10.7. The minimum atomic E-state index is -4.30. The lowest BCUT2D eigenvalue weighted by atomic mass is 10.1. The molecule has 1 heterocycles. The van der Waals surface area contributed by atoms with E-state index in [1.165, 1.54) is 10.7 Å². The number of hydrogen-bond donors (Lipinski definition) is 0. The third-order valence-corrected chi connectivity index (χ3v) is 2.93. The lowest BCUT2D eigenvalue weighted by Gasteiger charge is -2.06. The van der Waals surface area contributed by atoms with E-state index in [9.17, 15) is 13.2 Å². The van der Waals surface area contributed by atoms with Gasteiger partial charge in [0.15, 0.2) is 0 Å². The second-order valence-corrected chi connectivity index (χ2v) is 4.17. The van der Waals surface area contributed by atoms with E-state index in [0.29, 0.717) is 9.22 Å². The minimum absolute atomic E-state index is 0.495. The van der Waals surface area contributed by atoms with Crippen LogP contribution in [0.5, 0.6) is 0 Å². The number of hydrogen-bond acceptors (Lipinski definition) is 1. The Bertz CT molecular complexity index is 516. The molecule has 0 spiro atoms. The second-order valence-electron chi connectivity index (χ2n) is 3.14. The number of aryl methyl sites for hydroxylation is 1. The van der Waals surface area contributed by atoms with Crippen LogP contribution in [-0.4, -0.2) is 9.78 Å². The van der Waals surface area contributed by atoms with E-state index in [1.54, 1.807) is 7.05 Å². The van der Waals surface area contributed by atoms with Gasteiger partial charge in [-0.15, -0.1) is 0 Å². The van der Waals surface area contributed by atoms with Crippen LogP contribution < -0.4 is 0 Å². The van der Waals surface area contributed by atoms with Gasteiger partial charge < -0.3 is 0 Å². The summed E-state index contributed by atoms with van der Waals surface area (Å²) in [7, 11) is 1.63. The van der Waals surface area contributed by atoms with Crippen molar-refractivity contribution in [2.24, 2.45) is 7.05 Å². The number of nitrogens with zero attached hydrogens (tertiary/aromatic N) is 2. The quantitative estimate of drug-likeness (QED) is 0.680. The predicted molar refractivity (Wildman–Crippen MR) is 58.4 cm³/mol. The van der Waals surface area contributed by atoms with Crippen LogP contribution in [0.1, 0.15) is 5.56 Å². The van der Waals surface area contributed by atoms with Crippen LogP contribution in [0.15, 0.2) is 18.2 Å². The Morgan fingerprint density at radius 2 is 2.00 bits per heavy atom. The Kier molecular flexibility index (Phi) is 2.40. The van der Waals surface area contributed by atoms with Crippen molar-refractivity contribution in [3.63, 3.8) is 0 Å². The molecule has 80 valence electrons. The van der Waals surface area contributed by atoms with E-state index >= 15 is 0 Å². The van der Waals surface area contributed by atoms with Crippen LogP contribution >= 0.6 is 22.6 Å². The highest BCUT2D eigenvalue weighted by Gasteiger charge is 2.30. The molecule has 0 saturated carbocycles. The molecule has 15 heavy (non-hydrogen) atoms. The van der Waals surface area contributed by atoms with Gasteiger partial charge in [0.25, 0.3) is 0 Å². The standard InChI is InChI=1S/C9H6F3IN2/c1-15-7-4-5(9(10,11)12)2-3-6(7)8(13)14-15/h2-4H,1H3. The fourth-order valence-electron chi connectivity index (χ4n) is 1.39. The number of fused-ring (bicyclic) bond motifs is 1. The topological polar surface area (TPSA) is 17.8 Å². The normalized spacial score (nSPS) is 12.3. The van der Waals surface area contributed by atoms with E-state index in [4.69, 9.17) is 0 Å². The largest absolute Gasteiger partial charge is 0.416 e. The van der Waals surface area contributed by atoms with Gasteiger partial charge in [0.1, 0.15) is 3.70 Å². The van der Waals surface area contributed by atoms with E-state index in [1.807, 2.05) is 22.6 Å². The molecule has 0 radical (unpaired) electrons. The molecule has 0 aliphatic heterocycles. The molecule has 0 amide bonds. The SMILES string of the molecule is Cn1nc(I)c2ccc(C(F)(F)F)cc21. The Balaban J connectivity index is 2.71. The van der Waals surface area contributed by atoms with E-state index in [2.05, 4.69) is 5.10 Å². The van der Waals surface area contributed by atoms with Gasteiger partial charge in [-0.2, -0.15) is 18.3 Å². The monoisotopic (exact) mass is 326 g/mol. The van der Waals surface area contributed by atoms with Crippen LogP contribution in [0, 0.1) is 3.70 Å². The molecular weight excluding hydrogens is 320 g/mol. The van der Waals surface area contributed by atoms with E-state index in [0.717, 1.165) is 17.5 Å². The summed E-state index contributed by atoms with van der Waals surface area (Å²) in [6.07, 6.45) is -4.30. The lowest BCUT2D eigenvalue weighted by Crippen LogP contribution is -2.04. The van der Waals surface area contributed by atoms with Crippen LogP contribution in [0.3, 0.4) is 0 Å². The zero-order valence-electron chi connectivity index (χ0n) is 7.64. The van der Waals surface area contributed by atoms with Gasteiger partial charge in [-0.05, 0) is 40.8 Å². The zero-order valence-corrected chi connectivity index (χ0v) is 9.80. The molecule has 0 N–H and O–H groups in total. The summed E-state index contributed by atoms with van der Waals surface area (Å²) in [6.45, 7) is 0. The molecular formula is C9H6F3IN2. The first-order valence-electron chi connectivity index (χ1n) is 4.09. The van der Waals surface area contributed by atoms with Gasteiger partial charge in [-0.3, -0.25) is 4.68 Å². The summed E-state index contributed by atoms with van der Waals surface area (Å²) < 4.78 is 39.4. The fraction of sp³-hybridized carbons (Fsp3) is 0.222. The van der Waals surface area contributed by atoms with Crippen LogP contribution in [0.4, 0.5) is 13.2 Å². The second kappa shape index (κ2) is 3.36. The summed E-state index contributed by atoms with van der Waals surface area (Å²) in [5.41, 5.74) is -0.149. The molecule has 0 aliphatic rings. The van der Waals surface area contributed by atoms with Crippen molar-refractivity contribution in [2.45, 2.75) is 6.18 Å². The zero-order chi connectivity index (χ0) is 11.2. The number of aromatic nitrogens is 2. The van der Waals surface area contributed by atoms with Gasteiger partial charge in [-0.1, -0.05) is 0 Å². The highest BCUT2D eigenvalue weighted by molar-refractivity contribution is 14.1. The fourth-order valence-corrected chi connectivity index (χ4v) is 2.17. The molecule has 1 aromatic carbocycles. The van der Waals surface area contributed by atoms with Crippen molar-refractivity contribution in [3.8, 4) is 0 Å². The first-order valence-corrected chi connectivity index (χ1v) is 5.17. The molecule has 1 aromatic heterocycles. The summed E-state index contributed by atoms with van der Waals surface area (Å²) >= 11 is 2.00. The Labute approximate surface area is 97.2 Å². The molecule has 0 saturated heterocycles. The van der Waals surface area contributed by atoms with Crippen molar-refractivity contribution >= 4 is 33.5 Å². The van der Waals surface area contributed by atoms with Crippen LogP contribution in [0.25, 0.3) is 10.9 Å². The summed E-state index contributed by atoms with van der Waals surface area (Å²) in [6, 6.07) is 3.64. The maximum Gasteiger partial charge on any atom is 0.416 e. The maximum atomic E-state index is 12.4. The van der Waals surface area contributed by atoms with Crippen molar-refractivity contribution in [1.82, 2.24) is 9.78 Å². The Morgan fingerprint density at radius 3 is 2.60 bits per heavy atom. The molecule has 0 atom stereocenters. The molecule has 6 heteroatoms. The lowest BCUT2D eigenvalue weighted by molar-refractivity contribution is -0.137. The van der Waals surface area contributed by atoms with E-state index < -0.39 is 11.7 Å². The van der Waals surface area contributed by atoms with Crippen molar-refractivity contribution in [2.75, 3.05) is 0 Å². The third-order valence-electron chi connectivity index (χ3n) is 2.13. The molecule has 2 rings (SSSR count). The number of rotatable bonds is 0. The highest BCUT2D eigenvalue weighted by atomic mass is 127. The van der Waals surface area contributed by atoms with Crippen molar-refractivity contribution in [1.29, 1.82) is 0 Å². The van der Waals surface area contributed by atoms with Crippen LogP contribution in [0.2, 0.25) is 0 Å². The highest BCUT2D eigenvalue weighted by Crippen LogP contribution is 2.32. The molecule has 0 unspecified atom stereocenters. The minimum Gasteiger partial charge on any atom is -0.267 e. The van der Waals surface area contributed by atoms with Gasteiger partial charge in [0.05, 0.1) is 11.1 Å². The van der Waals surface area contributed by atoms with E-state index in [-0.39, 0.29) is 0 Å². The average Bonchev–Trinajstić information content (AvgIpc) is 2.41. The Hall–Kier alpha value is -0.790.